The van der Waals surface area contributed by atoms with E-state index >= 15 is 0 Å². The molecule has 0 amide bonds. The van der Waals surface area contributed by atoms with Crippen molar-refractivity contribution in [3.8, 4) is 0 Å². The first-order chi connectivity index (χ1) is 10.8. The van der Waals surface area contributed by atoms with Gasteiger partial charge in [-0.05, 0) is 67.1 Å². The lowest BCUT2D eigenvalue weighted by atomic mass is 9.80. The second-order valence-electron chi connectivity index (χ2n) is 7.76. The van der Waals surface area contributed by atoms with Gasteiger partial charge in [-0.1, -0.05) is 57.2 Å². The SMILES string of the molecule is CCCCCC[C@@H]1CCc2cc([C@H]3CC[C@@H](N)C3)ccc2C1. The van der Waals surface area contributed by atoms with Crippen molar-refractivity contribution in [2.75, 3.05) is 0 Å². The van der Waals surface area contributed by atoms with Gasteiger partial charge in [-0.3, -0.25) is 0 Å². The molecule has 1 heteroatoms. The van der Waals surface area contributed by atoms with Gasteiger partial charge in [0, 0.05) is 6.04 Å². The molecule has 0 bridgehead atoms. The summed E-state index contributed by atoms with van der Waals surface area (Å²) in [7, 11) is 0. The van der Waals surface area contributed by atoms with Gasteiger partial charge in [0.1, 0.15) is 0 Å². The molecule has 0 heterocycles. The summed E-state index contributed by atoms with van der Waals surface area (Å²) in [6.45, 7) is 2.30. The zero-order chi connectivity index (χ0) is 15.4. The zero-order valence-electron chi connectivity index (χ0n) is 14.3. The molecular weight excluding hydrogens is 266 g/mol. The number of aryl methyl sites for hydroxylation is 1. The summed E-state index contributed by atoms with van der Waals surface area (Å²) >= 11 is 0. The average molecular weight is 300 g/mol. The van der Waals surface area contributed by atoms with E-state index in [1.165, 1.54) is 70.6 Å². The van der Waals surface area contributed by atoms with Gasteiger partial charge in [0.05, 0.1) is 0 Å². The number of benzene rings is 1. The number of hydrogen-bond donors (Lipinski definition) is 1. The van der Waals surface area contributed by atoms with Crippen molar-refractivity contribution in [2.24, 2.45) is 11.7 Å². The van der Waals surface area contributed by atoms with E-state index < -0.39 is 0 Å². The molecule has 2 aliphatic carbocycles. The quantitative estimate of drug-likeness (QED) is 0.703. The number of unbranched alkanes of at least 4 members (excludes halogenated alkanes) is 3. The highest BCUT2D eigenvalue weighted by molar-refractivity contribution is 5.36. The molecule has 0 unspecified atom stereocenters. The lowest BCUT2D eigenvalue weighted by molar-refractivity contribution is 0.406. The molecule has 0 saturated heterocycles. The Balaban J connectivity index is 1.57. The second-order valence-corrected chi connectivity index (χ2v) is 7.76. The van der Waals surface area contributed by atoms with Crippen LogP contribution >= 0.6 is 0 Å². The number of rotatable bonds is 6. The molecular formula is C21H33N. The maximum atomic E-state index is 6.09. The van der Waals surface area contributed by atoms with Crippen molar-refractivity contribution in [3.05, 3.63) is 34.9 Å². The maximum Gasteiger partial charge on any atom is 0.00448 e. The number of nitrogens with two attached hydrogens (primary N) is 1. The van der Waals surface area contributed by atoms with Gasteiger partial charge >= 0.3 is 0 Å². The fraction of sp³-hybridized carbons (Fsp3) is 0.714. The third-order valence-electron chi connectivity index (χ3n) is 5.97. The van der Waals surface area contributed by atoms with Crippen LogP contribution in [0.15, 0.2) is 18.2 Å². The Labute approximate surface area is 136 Å². The Morgan fingerprint density at radius 3 is 2.73 bits per heavy atom. The van der Waals surface area contributed by atoms with Crippen LogP contribution in [-0.2, 0) is 12.8 Å². The van der Waals surface area contributed by atoms with Crippen LogP contribution in [0, 0.1) is 5.92 Å². The van der Waals surface area contributed by atoms with E-state index in [0.29, 0.717) is 6.04 Å². The Morgan fingerprint density at radius 2 is 1.95 bits per heavy atom. The molecule has 122 valence electrons. The molecule has 3 atom stereocenters. The second kappa shape index (κ2) is 7.64. The monoisotopic (exact) mass is 299 g/mol. The van der Waals surface area contributed by atoms with Gasteiger partial charge in [-0.15, -0.1) is 0 Å². The van der Waals surface area contributed by atoms with E-state index in [4.69, 9.17) is 5.73 Å². The molecule has 1 saturated carbocycles. The molecule has 3 rings (SSSR count). The van der Waals surface area contributed by atoms with Crippen molar-refractivity contribution >= 4 is 0 Å². The van der Waals surface area contributed by atoms with Crippen molar-refractivity contribution < 1.29 is 0 Å². The maximum absolute atomic E-state index is 6.09. The molecule has 1 fully saturated rings. The largest absolute Gasteiger partial charge is 0.328 e. The molecule has 0 aromatic heterocycles. The third kappa shape index (κ3) is 3.93. The van der Waals surface area contributed by atoms with Gasteiger partial charge in [0.15, 0.2) is 0 Å². The Morgan fingerprint density at radius 1 is 1.05 bits per heavy atom. The lowest BCUT2D eigenvalue weighted by Crippen LogP contribution is -2.16. The van der Waals surface area contributed by atoms with Crippen LogP contribution < -0.4 is 5.73 Å². The van der Waals surface area contributed by atoms with Crippen molar-refractivity contribution in [3.63, 3.8) is 0 Å². The Kier molecular flexibility index (Phi) is 5.57. The minimum Gasteiger partial charge on any atom is -0.328 e. The van der Waals surface area contributed by atoms with Crippen molar-refractivity contribution in [1.82, 2.24) is 0 Å². The Bertz CT molecular complexity index is 479. The van der Waals surface area contributed by atoms with Gasteiger partial charge in [-0.25, -0.2) is 0 Å². The van der Waals surface area contributed by atoms with Crippen LogP contribution in [0.5, 0.6) is 0 Å². The predicted octanol–water partition coefficient (Wildman–Crippen LogP) is 5.36. The van der Waals surface area contributed by atoms with Gasteiger partial charge in [0.2, 0.25) is 0 Å². The molecule has 0 radical (unpaired) electrons. The van der Waals surface area contributed by atoms with Crippen LogP contribution in [0.1, 0.15) is 87.3 Å². The third-order valence-corrected chi connectivity index (χ3v) is 5.97. The fourth-order valence-electron chi connectivity index (χ4n) is 4.53. The standard InChI is InChI=1S/C21H33N/c1-2-3-4-5-6-16-7-8-18-14-19(10-9-17(18)13-16)20-11-12-21(22)15-20/h9-10,14,16,20-21H,2-8,11-13,15,22H2,1H3/t16-,20+,21-/m1/s1. The summed E-state index contributed by atoms with van der Waals surface area (Å²) in [5.74, 6) is 1.67. The first-order valence-electron chi connectivity index (χ1n) is 9.63. The smallest absolute Gasteiger partial charge is 0.00448 e. The van der Waals surface area contributed by atoms with E-state index in [0.717, 1.165) is 11.8 Å². The fourth-order valence-corrected chi connectivity index (χ4v) is 4.53. The number of fused-ring (bicyclic) bond motifs is 1. The summed E-state index contributed by atoms with van der Waals surface area (Å²) in [4.78, 5) is 0. The molecule has 0 spiro atoms. The Hall–Kier alpha value is -0.820. The lowest BCUT2D eigenvalue weighted by Gasteiger charge is -2.26. The minimum atomic E-state index is 0.438. The van der Waals surface area contributed by atoms with Crippen LogP contribution in [0.3, 0.4) is 0 Å². The summed E-state index contributed by atoms with van der Waals surface area (Å²) in [5.41, 5.74) is 10.9. The van der Waals surface area contributed by atoms with Gasteiger partial charge in [0.25, 0.3) is 0 Å². The number of hydrogen-bond acceptors (Lipinski definition) is 1. The summed E-state index contributed by atoms with van der Waals surface area (Å²) < 4.78 is 0. The average Bonchev–Trinajstić information content (AvgIpc) is 2.97. The molecule has 0 aliphatic heterocycles. The summed E-state index contributed by atoms with van der Waals surface area (Å²) in [6.07, 6.45) is 14.8. The van der Waals surface area contributed by atoms with Crippen molar-refractivity contribution in [1.29, 1.82) is 0 Å². The summed E-state index contributed by atoms with van der Waals surface area (Å²) in [5, 5.41) is 0. The zero-order valence-corrected chi connectivity index (χ0v) is 14.3. The van der Waals surface area contributed by atoms with E-state index in [1.807, 2.05) is 0 Å². The minimum absolute atomic E-state index is 0.438. The van der Waals surface area contributed by atoms with Gasteiger partial charge < -0.3 is 5.73 Å². The van der Waals surface area contributed by atoms with Crippen LogP contribution in [0.25, 0.3) is 0 Å². The first-order valence-corrected chi connectivity index (χ1v) is 9.63. The molecule has 2 aliphatic rings. The van der Waals surface area contributed by atoms with E-state index in [9.17, 15) is 0 Å². The molecule has 1 nitrogen and oxygen atoms in total. The van der Waals surface area contributed by atoms with Gasteiger partial charge in [-0.2, -0.15) is 0 Å². The first kappa shape index (κ1) is 16.1. The van der Waals surface area contributed by atoms with E-state index in [1.54, 1.807) is 16.7 Å². The van der Waals surface area contributed by atoms with Crippen LogP contribution in [0.4, 0.5) is 0 Å². The van der Waals surface area contributed by atoms with Crippen molar-refractivity contribution in [2.45, 2.75) is 89.5 Å². The van der Waals surface area contributed by atoms with Crippen LogP contribution in [-0.4, -0.2) is 6.04 Å². The molecule has 1 aromatic carbocycles. The topological polar surface area (TPSA) is 26.0 Å². The highest BCUT2D eigenvalue weighted by Crippen LogP contribution is 2.36. The molecule has 2 N–H and O–H groups in total. The normalized spacial score (nSPS) is 27.8. The van der Waals surface area contributed by atoms with Crippen LogP contribution in [0.2, 0.25) is 0 Å². The predicted molar refractivity (Wildman–Crippen MR) is 95.3 cm³/mol. The van der Waals surface area contributed by atoms with E-state index in [2.05, 4.69) is 25.1 Å². The molecule has 1 aromatic rings. The highest BCUT2D eigenvalue weighted by atomic mass is 14.6. The molecule has 22 heavy (non-hydrogen) atoms. The highest BCUT2D eigenvalue weighted by Gasteiger charge is 2.25. The summed E-state index contributed by atoms with van der Waals surface area (Å²) in [6, 6.07) is 7.80. The van der Waals surface area contributed by atoms with E-state index in [-0.39, 0.29) is 0 Å².